The summed E-state index contributed by atoms with van der Waals surface area (Å²) in [5.74, 6) is 1.39. The van der Waals surface area contributed by atoms with E-state index in [1.54, 1.807) is 24.3 Å². The lowest BCUT2D eigenvalue weighted by Crippen LogP contribution is -2.22. The van der Waals surface area contributed by atoms with Crippen LogP contribution in [0.15, 0.2) is 82.6 Å². The van der Waals surface area contributed by atoms with Crippen LogP contribution in [0.4, 0.5) is 56.0 Å². The molecule has 322 valence electrons. The predicted molar refractivity (Wildman–Crippen MR) is 234 cm³/mol. The van der Waals surface area contributed by atoms with Crippen LogP contribution in [0.25, 0.3) is 0 Å². The van der Waals surface area contributed by atoms with Gasteiger partial charge in [0.05, 0.1) is 43.6 Å². The third-order valence-corrected chi connectivity index (χ3v) is 13.8. The molecule has 2 aromatic carbocycles. The Morgan fingerprint density at radius 3 is 1.42 bits per heavy atom. The van der Waals surface area contributed by atoms with Crippen LogP contribution in [0.3, 0.4) is 0 Å². The van der Waals surface area contributed by atoms with Crippen molar-refractivity contribution < 1.29 is 40.5 Å². The first-order valence-corrected chi connectivity index (χ1v) is 23.6. The monoisotopic (exact) mass is 921 g/mol. The average Bonchev–Trinajstić information content (AvgIpc) is 3.91. The summed E-state index contributed by atoms with van der Waals surface area (Å²) in [7, 11) is -5.82. The fourth-order valence-electron chi connectivity index (χ4n) is 5.55. The number of anilines is 6. The molecule has 5 rings (SSSR count). The van der Waals surface area contributed by atoms with Gasteiger partial charge in [0.15, 0.2) is 5.16 Å². The number of hydrogen-bond donors (Lipinski definition) is 5. The van der Waals surface area contributed by atoms with Crippen molar-refractivity contribution in [1.82, 2.24) is 15.0 Å². The SMILES string of the molecule is CCN(CC)c1cc(Nc2nc(Nc3cc(N(CC)CC)c(OC)cc3N=Nc3ccc(S(=O)(=O)O)s3)nc(SCCO)n2)c(N=Nc2ccc(S(=O)(=O)O)s2)cc1OC. The Balaban J connectivity index is 1.63. The van der Waals surface area contributed by atoms with E-state index in [2.05, 4.69) is 55.8 Å². The van der Waals surface area contributed by atoms with Crippen molar-refractivity contribution in [2.75, 3.05) is 73.2 Å². The molecule has 0 amide bonds. The third-order valence-electron chi connectivity index (χ3n) is 8.39. The Bertz CT molecular complexity index is 2390. The minimum Gasteiger partial charge on any atom is -0.494 e. The Morgan fingerprint density at radius 1 is 0.667 bits per heavy atom. The lowest BCUT2D eigenvalue weighted by molar-refractivity contribution is 0.322. The molecule has 0 unspecified atom stereocenters. The van der Waals surface area contributed by atoms with Crippen LogP contribution >= 0.6 is 34.4 Å². The molecule has 3 heterocycles. The van der Waals surface area contributed by atoms with Gasteiger partial charge in [-0.3, -0.25) is 9.11 Å². The van der Waals surface area contributed by atoms with E-state index in [1.807, 2.05) is 27.7 Å². The van der Waals surface area contributed by atoms with Crippen molar-refractivity contribution >= 4 is 111 Å². The third kappa shape index (κ3) is 11.6. The fraction of sp³-hybridized carbons (Fsp3) is 0.343. The second-order valence-corrected chi connectivity index (χ2v) is 18.5. The quantitative estimate of drug-likeness (QED) is 0.0262. The van der Waals surface area contributed by atoms with Gasteiger partial charge in [-0.1, -0.05) is 11.8 Å². The Hall–Kier alpha value is -5.02. The van der Waals surface area contributed by atoms with Crippen LogP contribution in [-0.4, -0.2) is 98.8 Å². The van der Waals surface area contributed by atoms with Crippen molar-refractivity contribution in [2.45, 2.75) is 41.3 Å². The molecule has 0 atom stereocenters. The summed E-state index contributed by atoms with van der Waals surface area (Å²) in [6.45, 7) is 10.4. The molecule has 0 saturated heterocycles. The van der Waals surface area contributed by atoms with Gasteiger partial charge in [0.1, 0.15) is 41.3 Å². The Labute approximate surface area is 359 Å². The number of thiophene rings is 2. The number of aliphatic hydroxyl groups excluding tert-OH is 1. The number of aromatic nitrogens is 3. The minimum absolute atomic E-state index is 0.0711. The second kappa shape index (κ2) is 20.5. The number of ether oxygens (including phenoxy) is 2. The molecule has 0 fully saturated rings. The maximum atomic E-state index is 11.7. The van der Waals surface area contributed by atoms with E-state index in [4.69, 9.17) is 9.47 Å². The number of nitrogens with one attached hydrogen (secondary N) is 2. The molecule has 25 heteroatoms. The van der Waals surface area contributed by atoms with Crippen LogP contribution in [-0.2, 0) is 20.2 Å². The second-order valence-electron chi connectivity index (χ2n) is 12.0. The standard InChI is InChI=1S/C35H43N11O9S5/c1-7-45(8-2)25-17-21(23(19-27(25)54-5)41-43-29-11-13-31(57-29)59(48,49)50)36-33-38-34(40-35(39-33)56-16-15-47)37-22-18-26(46(9-3)10-4)28(55-6)20-24(22)42-44-30-12-14-32(58-30)60(51,52)53/h11-14,17-20,47H,7-10,15-16H2,1-6H3,(H,48,49,50)(H,51,52,53)(H2,36,37,38,39,40). The molecule has 0 radical (unpaired) electrons. The Morgan fingerprint density at radius 2 is 1.08 bits per heavy atom. The van der Waals surface area contributed by atoms with Crippen molar-refractivity contribution in [3.8, 4) is 11.5 Å². The fourth-order valence-corrected chi connectivity index (χ4v) is 9.08. The maximum absolute atomic E-state index is 11.7. The maximum Gasteiger partial charge on any atom is 0.304 e. The molecule has 0 aliphatic heterocycles. The molecular formula is C35H43N11O9S5. The molecule has 3 aromatic heterocycles. The molecule has 0 bridgehead atoms. The smallest absolute Gasteiger partial charge is 0.304 e. The number of aliphatic hydroxyl groups is 1. The van der Waals surface area contributed by atoms with Crippen LogP contribution in [0.5, 0.6) is 11.5 Å². The van der Waals surface area contributed by atoms with E-state index < -0.39 is 20.2 Å². The first-order valence-electron chi connectivity index (χ1n) is 18.1. The molecule has 0 aliphatic rings. The predicted octanol–water partition coefficient (Wildman–Crippen LogP) is 8.60. The van der Waals surface area contributed by atoms with E-state index in [9.17, 15) is 31.0 Å². The van der Waals surface area contributed by atoms with Gasteiger partial charge in [-0.2, -0.15) is 31.8 Å². The van der Waals surface area contributed by atoms with Crippen LogP contribution in [0, 0.1) is 0 Å². The van der Waals surface area contributed by atoms with Gasteiger partial charge in [0.25, 0.3) is 0 Å². The molecule has 5 N–H and O–H groups in total. The largest absolute Gasteiger partial charge is 0.494 e. The number of rotatable bonds is 21. The van der Waals surface area contributed by atoms with Crippen molar-refractivity contribution in [3.05, 3.63) is 48.5 Å². The molecule has 20 nitrogen and oxygen atoms in total. The molecule has 0 spiro atoms. The highest BCUT2D eigenvalue weighted by Gasteiger charge is 2.20. The number of benzene rings is 2. The highest BCUT2D eigenvalue weighted by molar-refractivity contribution is 7.99. The summed E-state index contributed by atoms with van der Waals surface area (Å²) in [5, 5.41) is 34.1. The number of thioether (sulfide) groups is 1. The van der Waals surface area contributed by atoms with Gasteiger partial charge in [0, 0.05) is 44.1 Å². The zero-order chi connectivity index (χ0) is 43.6. The number of methoxy groups -OCH3 is 2. The lowest BCUT2D eigenvalue weighted by Gasteiger charge is -2.25. The summed E-state index contributed by atoms with van der Waals surface area (Å²) < 4.78 is 76.6. The van der Waals surface area contributed by atoms with Gasteiger partial charge >= 0.3 is 20.2 Å². The first kappa shape index (κ1) is 46.1. The molecule has 0 saturated carbocycles. The summed E-state index contributed by atoms with van der Waals surface area (Å²) in [4.78, 5) is 18.0. The highest BCUT2D eigenvalue weighted by atomic mass is 32.3. The molecule has 60 heavy (non-hydrogen) atoms. The minimum atomic E-state index is -4.43. The van der Waals surface area contributed by atoms with E-state index in [0.717, 1.165) is 34.0 Å². The molecule has 5 aromatic rings. The average molecular weight is 922 g/mol. The van der Waals surface area contributed by atoms with Gasteiger partial charge in [-0.05, 0) is 64.1 Å². The number of nitrogens with zero attached hydrogens (tertiary/aromatic N) is 9. The van der Waals surface area contributed by atoms with Gasteiger partial charge in [-0.25, -0.2) is 0 Å². The van der Waals surface area contributed by atoms with E-state index in [0.29, 0.717) is 49.1 Å². The van der Waals surface area contributed by atoms with Crippen molar-refractivity contribution in [2.24, 2.45) is 20.5 Å². The zero-order valence-electron chi connectivity index (χ0n) is 33.2. The van der Waals surface area contributed by atoms with Crippen molar-refractivity contribution in [3.63, 3.8) is 0 Å². The van der Waals surface area contributed by atoms with Gasteiger partial charge in [-0.15, -0.1) is 43.1 Å². The van der Waals surface area contributed by atoms with Crippen LogP contribution in [0.2, 0.25) is 0 Å². The van der Waals surface area contributed by atoms with E-state index >= 15 is 0 Å². The van der Waals surface area contributed by atoms with Crippen LogP contribution in [0.1, 0.15) is 27.7 Å². The molecular weight excluding hydrogens is 879 g/mol. The normalized spacial score (nSPS) is 12.0. The van der Waals surface area contributed by atoms with Crippen LogP contribution < -0.4 is 29.9 Å². The van der Waals surface area contributed by atoms with Gasteiger partial charge in [0.2, 0.25) is 11.9 Å². The summed E-state index contributed by atoms with van der Waals surface area (Å²) in [6.07, 6.45) is 0. The number of azo groups is 2. The highest BCUT2D eigenvalue weighted by Crippen LogP contribution is 2.43. The van der Waals surface area contributed by atoms with Gasteiger partial charge < -0.3 is 35.0 Å². The summed E-state index contributed by atoms with van der Waals surface area (Å²) >= 11 is 2.65. The van der Waals surface area contributed by atoms with E-state index in [1.165, 1.54) is 50.2 Å². The zero-order valence-corrected chi connectivity index (χ0v) is 37.3. The lowest BCUT2D eigenvalue weighted by atomic mass is 10.2. The topological polar surface area (TPSA) is 266 Å². The summed E-state index contributed by atoms with van der Waals surface area (Å²) in [6, 6.07) is 12.2. The van der Waals surface area contributed by atoms with Crippen molar-refractivity contribution in [1.29, 1.82) is 0 Å². The summed E-state index contributed by atoms with van der Waals surface area (Å²) in [5.41, 5.74) is 2.79. The number of hydrogen-bond acceptors (Lipinski definition) is 21. The molecule has 0 aliphatic carbocycles. The first-order chi connectivity index (χ1) is 28.6. The van der Waals surface area contributed by atoms with E-state index in [-0.39, 0.29) is 59.2 Å². The Kier molecular flexibility index (Phi) is 15.7.